The number of aromatic nitrogens is 5. The van der Waals surface area contributed by atoms with Gasteiger partial charge in [-0.05, 0) is 42.5 Å². The highest BCUT2D eigenvalue weighted by Crippen LogP contribution is 2.36. The highest BCUT2D eigenvalue weighted by molar-refractivity contribution is 6.31. The molecular weight excluding hydrogens is 432 g/mol. The molecule has 2 aromatic heterocycles. The summed E-state index contributed by atoms with van der Waals surface area (Å²) in [5, 5.41) is 11.7. The Morgan fingerprint density at radius 1 is 1.03 bits per heavy atom. The van der Waals surface area contributed by atoms with Crippen molar-refractivity contribution in [2.75, 3.05) is 5.73 Å². The van der Waals surface area contributed by atoms with Crippen molar-refractivity contribution in [2.45, 2.75) is 6.18 Å². The molecule has 0 radical (unpaired) electrons. The van der Waals surface area contributed by atoms with Gasteiger partial charge in [0, 0.05) is 10.6 Å². The summed E-state index contributed by atoms with van der Waals surface area (Å²) in [6.07, 6.45) is -4.57. The highest BCUT2D eigenvalue weighted by atomic mass is 35.5. The minimum Gasteiger partial charge on any atom is -0.382 e. The van der Waals surface area contributed by atoms with Crippen LogP contribution >= 0.6 is 23.2 Å². The lowest BCUT2D eigenvalue weighted by Crippen LogP contribution is -2.08. The van der Waals surface area contributed by atoms with Gasteiger partial charge >= 0.3 is 6.18 Å². The summed E-state index contributed by atoms with van der Waals surface area (Å²) in [4.78, 5) is 4.22. The van der Waals surface area contributed by atoms with Gasteiger partial charge in [0.25, 0.3) is 5.89 Å². The van der Waals surface area contributed by atoms with Crippen LogP contribution in [0.3, 0.4) is 0 Å². The van der Waals surface area contributed by atoms with Crippen molar-refractivity contribution in [2.24, 2.45) is 0 Å². The maximum Gasteiger partial charge on any atom is 0.417 e. The van der Waals surface area contributed by atoms with Crippen molar-refractivity contribution in [3.63, 3.8) is 0 Å². The van der Waals surface area contributed by atoms with Crippen LogP contribution in [0.1, 0.15) is 5.56 Å². The molecule has 0 aliphatic carbocycles. The second-order valence-corrected chi connectivity index (χ2v) is 6.67. The average molecular weight is 441 g/mol. The fourth-order valence-electron chi connectivity index (χ4n) is 2.53. The first-order chi connectivity index (χ1) is 13.7. The van der Waals surface area contributed by atoms with Crippen molar-refractivity contribution < 1.29 is 17.7 Å². The molecule has 0 aliphatic rings. The van der Waals surface area contributed by atoms with Gasteiger partial charge in [-0.3, -0.25) is 0 Å². The minimum atomic E-state index is -4.57. The highest BCUT2D eigenvalue weighted by Gasteiger charge is 2.33. The first kappa shape index (κ1) is 19.2. The quantitative estimate of drug-likeness (QED) is 0.487. The molecule has 2 heterocycles. The van der Waals surface area contributed by atoms with Crippen LogP contribution in [0.4, 0.5) is 19.0 Å². The molecule has 29 heavy (non-hydrogen) atoms. The lowest BCUT2D eigenvalue weighted by Gasteiger charge is -2.10. The number of benzene rings is 2. The smallest absolute Gasteiger partial charge is 0.382 e. The standard InChI is InChI=1S/C17H9Cl2F3N6O/c18-9-3-1-8(2-4-9)15-24-16(29-26-15)13-14(23)28(27-25-13)10-5-6-11(12(19)7-10)17(20,21)22/h1-7H,23H2. The Morgan fingerprint density at radius 2 is 1.76 bits per heavy atom. The number of halogens is 5. The summed E-state index contributed by atoms with van der Waals surface area (Å²) in [6.45, 7) is 0. The van der Waals surface area contributed by atoms with E-state index >= 15 is 0 Å². The van der Waals surface area contributed by atoms with E-state index in [0.29, 0.717) is 10.6 Å². The van der Waals surface area contributed by atoms with E-state index in [1.54, 1.807) is 24.3 Å². The molecule has 4 rings (SSSR count). The molecule has 4 aromatic rings. The number of hydrogen-bond donors (Lipinski definition) is 1. The largest absolute Gasteiger partial charge is 0.417 e. The molecular formula is C17H9Cl2F3N6O. The molecule has 148 valence electrons. The predicted molar refractivity (Wildman–Crippen MR) is 99.5 cm³/mol. The zero-order chi connectivity index (χ0) is 20.8. The van der Waals surface area contributed by atoms with Crippen LogP contribution in [0.25, 0.3) is 28.7 Å². The number of hydrogen-bond acceptors (Lipinski definition) is 6. The van der Waals surface area contributed by atoms with Crippen molar-refractivity contribution in [3.8, 4) is 28.7 Å². The first-order valence-corrected chi connectivity index (χ1v) is 8.68. The minimum absolute atomic E-state index is 0.00305. The van der Waals surface area contributed by atoms with Crippen molar-refractivity contribution in [1.29, 1.82) is 0 Å². The van der Waals surface area contributed by atoms with E-state index in [4.69, 9.17) is 33.5 Å². The maximum absolute atomic E-state index is 12.9. The summed E-state index contributed by atoms with van der Waals surface area (Å²) in [6, 6.07) is 9.87. The fraction of sp³-hybridized carbons (Fsp3) is 0.0588. The van der Waals surface area contributed by atoms with Crippen LogP contribution in [-0.2, 0) is 6.18 Å². The molecule has 2 N–H and O–H groups in total. The van der Waals surface area contributed by atoms with Crippen molar-refractivity contribution >= 4 is 29.0 Å². The number of nitrogens with zero attached hydrogens (tertiary/aromatic N) is 5. The zero-order valence-electron chi connectivity index (χ0n) is 14.2. The van der Waals surface area contributed by atoms with Crippen LogP contribution in [0.2, 0.25) is 10.0 Å². The molecule has 12 heteroatoms. The van der Waals surface area contributed by atoms with Gasteiger partial charge in [0.15, 0.2) is 11.5 Å². The number of anilines is 1. The predicted octanol–water partition coefficient (Wildman–Crippen LogP) is 4.89. The Hall–Kier alpha value is -3.11. The normalized spacial score (nSPS) is 11.8. The van der Waals surface area contributed by atoms with Gasteiger partial charge in [0.2, 0.25) is 5.82 Å². The Bertz CT molecular complexity index is 1190. The molecule has 0 atom stereocenters. The number of rotatable bonds is 3. The van der Waals surface area contributed by atoms with E-state index in [-0.39, 0.29) is 28.9 Å². The summed E-state index contributed by atoms with van der Waals surface area (Å²) in [5.74, 6) is 0.270. The lowest BCUT2D eigenvalue weighted by molar-refractivity contribution is -0.137. The van der Waals surface area contributed by atoms with Gasteiger partial charge in [-0.1, -0.05) is 33.6 Å². The summed E-state index contributed by atoms with van der Waals surface area (Å²) in [7, 11) is 0. The summed E-state index contributed by atoms with van der Waals surface area (Å²) >= 11 is 11.6. The third-order valence-electron chi connectivity index (χ3n) is 3.94. The van der Waals surface area contributed by atoms with Crippen molar-refractivity contribution in [1.82, 2.24) is 25.1 Å². The van der Waals surface area contributed by atoms with Crippen LogP contribution in [-0.4, -0.2) is 25.1 Å². The van der Waals surface area contributed by atoms with Gasteiger partial charge in [-0.2, -0.15) is 22.8 Å². The third-order valence-corrected chi connectivity index (χ3v) is 4.50. The third kappa shape index (κ3) is 3.64. The van der Waals surface area contributed by atoms with Gasteiger partial charge < -0.3 is 10.3 Å². The van der Waals surface area contributed by atoms with E-state index in [2.05, 4.69) is 20.5 Å². The molecule has 0 aliphatic heterocycles. The monoisotopic (exact) mass is 440 g/mol. The molecule has 0 fully saturated rings. The molecule has 0 saturated heterocycles. The van der Waals surface area contributed by atoms with Crippen LogP contribution < -0.4 is 5.73 Å². The van der Waals surface area contributed by atoms with Gasteiger partial charge in [-0.15, -0.1) is 5.10 Å². The lowest BCUT2D eigenvalue weighted by atomic mass is 10.2. The Morgan fingerprint density at radius 3 is 2.41 bits per heavy atom. The molecule has 0 saturated carbocycles. The SMILES string of the molecule is Nc1c(-c2nc(-c3ccc(Cl)cc3)no2)nnn1-c1ccc(C(F)(F)F)c(Cl)c1. The zero-order valence-corrected chi connectivity index (χ0v) is 15.7. The number of nitrogen functional groups attached to an aromatic ring is 1. The van der Waals surface area contributed by atoms with Crippen molar-refractivity contribution in [3.05, 3.63) is 58.1 Å². The van der Waals surface area contributed by atoms with E-state index in [0.717, 1.165) is 16.8 Å². The molecule has 7 nitrogen and oxygen atoms in total. The van der Waals surface area contributed by atoms with Gasteiger partial charge in [0.1, 0.15) is 0 Å². The van der Waals surface area contributed by atoms with Gasteiger partial charge in [-0.25, -0.2) is 0 Å². The Kier molecular flexibility index (Phi) is 4.67. The topological polar surface area (TPSA) is 95.7 Å². The van der Waals surface area contributed by atoms with Crippen LogP contribution in [0, 0.1) is 0 Å². The Balaban J connectivity index is 1.68. The first-order valence-electron chi connectivity index (χ1n) is 7.92. The Labute approximate surface area is 170 Å². The fourth-order valence-corrected chi connectivity index (χ4v) is 2.94. The van der Waals surface area contributed by atoms with Crippen LogP contribution in [0.5, 0.6) is 0 Å². The second-order valence-electron chi connectivity index (χ2n) is 5.83. The van der Waals surface area contributed by atoms with E-state index in [1.165, 1.54) is 6.07 Å². The number of nitrogens with two attached hydrogens (primary N) is 1. The molecule has 0 bridgehead atoms. The maximum atomic E-state index is 12.9. The van der Waals surface area contributed by atoms with E-state index in [9.17, 15) is 13.2 Å². The molecule has 2 aromatic carbocycles. The van der Waals surface area contributed by atoms with E-state index in [1.807, 2.05) is 0 Å². The summed E-state index contributed by atoms with van der Waals surface area (Å²) in [5.41, 5.74) is 6.00. The average Bonchev–Trinajstić information content (AvgIpc) is 3.28. The summed E-state index contributed by atoms with van der Waals surface area (Å²) < 4.78 is 44.9. The number of alkyl halides is 3. The van der Waals surface area contributed by atoms with E-state index < -0.39 is 16.8 Å². The second kappa shape index (κ2) is 7.05. The van der Waals surface area contributed by atoms with Gasteiger partial charge in [0.05, 0.1) is 16.3 Å². The molecule has 0 amide bonds. The molecule has 0 unspecified atom stereocenters. The van der Waals surface area contributed by atoms with Crippen LogP contribution in [0.15, 0.2) is 47.0 Å². The molecule has 0 spiro atoms.